The fourth-order valence-electron chi connectivity index (χ4n) is 3.27. The van der Waals surface area contributed by atoms with E-state index in [9.17, 15) is 4.79 Å². The van der Waals surface area contributed by atoms with Gasteiger partial charge in [-0.1, -0.05) is 41.7 Å². The monoisotopic (exact) mass is 486 g/mol. The molecule has 33 heavy (non-hydrogen) atoms. The number of aromatic nitrogens is 2. The maximum absolute atomic E-state index is 11.2. The Kier molecular flexibility index (Phi) is 6.72. The Morgan fingerprint density at radius 1 is 1.15 bits per heavy atom. The zero-order valence-corrected chi connectivity index (χ0v) is 19.4. The van der Waals surface area contributed by atoms with Gasteiger partial charge in [-0.15, -0.1) is 0 Å². The smallest absolute Gasteiger partial charge is 0.344 e. The first-order chi connectivity index (χ1) is 15.9. The Morgan fingerprint density at radius 2 is 1.91 bits per heavy atom. The van der Waals surface area contributed by atoms with Crippen LogP contribution in [0.4, 0.5) is 0 Å². The van der Waals surface area contributed by atoms with Gasteiger partial charge in [0.15, 0.2) is 11.9 Å². The predicted octanol–water partition coefficient (Wildman–Crippen LogP) is 6.79. The van der Waals surface area contributed by atoms with Gasteiger partial charge in [-0.25, -0.2) is 9.78 Å². The second kappa shape index (κ2) is 9.68. The van der Waals surface area contributed by atoms with E-state index >= 15 is 0 Å². The summed E-state index contributed by atoms with van der Waals surface area (Å²) < 4.78 is 17.0. The van der Waals surface area contributed by atoms with Crippen molar-refractivity contribution in [1.82, 2.24) is 10.1 Å². The molecule has 1 atom stereocenters. The van der Waals surface area contributed by atoms with Crippen molar-refractivity contribution in [2.45, 2.75) is 32.8 Å². The zero-order valence-electron chi connectivity index (χ0n) is 17.8. The van der Waals surface area contributed by atoms with Crippen molar-refractivity contribution in [2.75, 3.05) is 0 Å². The van der Waals surface area contributed by atoms with Gasteiger partial charge in [-0.2, -0.15) is 0 Å². The molecule has 0 fully saturated rings. The number of hydrogen-bond donors (Lipinski definition) is 1. The number of fused-ring (bicyclic) bond motifs is 1. The van der Waals surface area contributed by atoms with Crippen LogP contribution in [0, 0.1) is 0 Å². The van der Waals surface area contributed by atoms with E-state index in [1.807, 2.05) is 6.07 Å². The molecule has 1 unspecified atom stereocenters. The number of rotatable bonds is 8. The van der Waals surface area contributed by atoms with Crippen LogP contribution in [0.25, 0.3) is 22.2 Å². The molecule has 0 bridgehead atoms. The van der Waals surface area contributed by atoms with Crippen LogP contribution in [0.5, 0.6) is 17.4 Å². The minimum atomic E-state index is -1.09. The van der Waals surface area contributed by atoms with E-state index in [0.29, 0.717) is 39.7 Å². The summed E-state index contributed by atoms with van der Waals surface area (Å²) in [6, 6.07) is 13.9. The molecular formula is C24H20Cl2N2O5. The second-order valence-corrected chi connectivity index (χ2v) is 8.20. The highest BCUT2D eigenvalue weighted by atomic mass is 35.5. The third kappa shape index (κ3) is 5.05. The lowest BCUT2D eigenvalue weighted by Crippen LogP contribution is -2.22. The number of aryl methyl sites for hydroxylation is 1. The number of pyridine rings is 1. The van der Waals surface area contributed by atoms with Gasteiger partial charge in [-0.3, -0.25) is 0 Å². The second-order valence-electron chi connectivity index (χ2n) is 7.36. The summed E-state index contributed by atoms with van der Waals surface area (Å²) in [5, 5.41) is 14.8. The third-order valence-corrected chi connectivity index (χ3v) is 5.45. The summed E-state index contributed by atoms with van der Waals surface area (Å²) in [7, 11) is 0. The summed E-state index contributed by atoms with van der Waals surface area (Å²) in [6.07, 6.45) is 0.472. The van der Waals surface area contributed by atoms with Crippen LogP contribution < -0.4 is 9.47 Å². The Labute approximate surface area is 199 Å². The van der Waals surface area contributed by atoms with Gasteiger partial charge in [-0.05, 0) is 55.8 Å². The molecule has 2 heterocycles. The van der Waals surface area contributed by atoms with Crippen molar-refractivity contribution in [3.63, 3.8) is 0 Å². The molecule has 0 saturated carbocycles. The number of carboxylic acid groups (broad SMARTS) is 1. The first kappa shape index (κ1) is 22.9. The normalized spacial score (nSPS) is 12.0. The fraction of sp³-hybridized carbons (Fsp3) is 0.208. The minimum absolute atomic E-state index is 0.233. The summed E-state index contributed by atoms with van der Waals surface area (Å²) in [4.78, 5) is 15.9. The molecular weight excluding hydrogens is 467 g/mol. The number of carboxylic acids is 1. The minimum Gasteiger partial charge on any atom is -0.479 e. The van der Waals surface area contributed by atoms with E-state index in [4.69, 9.17) is 42.3 Å². The molecule has 4 aromatic rings. The van der Waals surface area contributed by atoms with E-state index in [1.54, 1.807) is 42.5 Å². The zero-order chi connectivity index (χ0) is 23.5. The highest BCUT2D eigenvalue weighted by Crippen LogP contribution is 2.38. The molecule has 2 aromatic carbocycles. The molecule has 0 aliphatic carbocycles. The molecule has 9 heteroatoms. The van der Waals surface area contributed by atoms with E-state index in [1.165, 1.54) is 6.92 Å². The number of halogens is 2. The van der Waals surface area contributed by atoms with Crippen molar-refractivity contribution >= 4 is 40.1 Å². The highest BCUT2D eigenvalue weighted by molar-refractivity contribution is 6.33. The lowest BCUT2D eigenvalue weighted by atomic mass is 10.0. The Balaban J connectivity index is 1.73. The van der Waals surface area contributed by atoms with Gasteiger partial charge in [0.1, 0.15) is 17.0 Å². The first-order valence-corrected chi connectivity index (χ1v) is 11.0. The van der Waals surface area contributed by atoms with Gasteiger partial charge < -0.3 is 19.1 Å². The van der Waals surface area contributed by atoms with E-state index in [0.717, 1.165) is 17.7 Å². The van der Waals surface area contributed by atoms with E-state index in [2.05, 4.69) is 17.1 Å². The summed E-state index contributed by atoms with van der Waals surface area (Å²) in [5.74, 6) is 0.689. The Morgan fingerprint density at radius 3 is 2.61 bits per heavy atom. The van der Waals surface area contributed by atoms with Gasteiger partial charge in [0.05, 0.1) is 16.1 Å². The lowest BCUT2D eigenvalue weighted by Gasteiger charge is -2.12. The van der Waals surface area contributed by atoms with Crippen LogP contribution in [0.15, 0.2) is 53.1 Å². The van der Waals surface area contributed by atoms with Gasteiger partial charge in [0, 0.05) is 16.7 Å². The van der Waals surface area contributed by atoms with Crippen molar-refractivity contribution in [1.29, 1.82) is 0 Å². The van der Waals surface area contributed by atoms with Crippen LogP contribution in [-0.2, 0) is 11.2 Å². The van der Waals surface area contributed by atoms with Crippen LogP contribution in [0.1, 0.15) is 26.0 Å². The number of benzene rings is 2. The van der Waals surface area contributed by atoms with Crippen LogP contribution in [-0.4, -0.2) is 27.3 Å². The average Bonchev–Trinajstić information content (AvgIpc) is 3.18. The quantitative estimate of drug-likeness (QED) is 0.292. The number of carbonyl (C=O) groups is 1. The average molecular weight is 487 g/mol. The number of ether oxygens (including phenoxy) is 2. The fourth-order valence-corrected chi connectivity index (χ4v) is 3.59. The first-order valence-electron chi connectivity index (χ1n) is 10.3. The predicted molar refractivity (Wildman–Crippen MR) is 125 cm³/mol. The molecule has 0 radical (unpaired) electrons. The molecule has 7 nitrogen and oxygen atoms in total. The maximum Gasteiger partial charge on any atom is 0.344 e. The number of nitrogens with zero attached hydrogens (tertiary/aromatic N) is 2. The SMILES string of the molecule is CCCc1nc(Oc2ccc(Cl)cc2)ccc1-c1onc2cc(Cl)c(OC(C)C(=O)O)cc12. The standard InChI is InChI=1S/C24H20Cl2N2O5/c1-3-4-19-16(9-10-22(27-19)32-15-7-5-14(25)6-8-15)23-17-11-21(31-13(2)24(29)30)18(26)12-20(17)28-33-23/h5-13H,3-4H2,1-2H3,(H,29,30). The van der Waals surface area contributed by atoms with Gasteiger partial charge in [0.2, 0.25) is 5.88 Å². The molecule has 2 aromatic heterocycles. The number of aliphatic carboxylic acids is 1. The summed E-state index contributed by atoms with van der Waals surface area (Å²) in [6.45, 7) is 3.48. The van der Waals surface area contributed by atoms with Gasteiger partial charge in [0.25, 0.3) is 0 Å². The molecule has 0 spiro atoms. The van der Waals surface area contributed by atoms with Crippen LogP contribution in [0.3, 0.4) is 0 Å². The largest absolute Gasteiger partial charge is 0.479 e. The maximum atomic E-state index is 11.2. The summed E-state index contributed by atoms with van der Waals surface area (Å²) >= 11 is 12.2. The van der Waals surface area contributed by atoms with Crippen molar-refractivity contribution in [2.24, 2.45) is 0 Å². The Bertz CT molecular complexity index is 1300. The van der Waals surface area contributed by atoms with Crippen LogP contribution in [0.2, 0.25) is 10.0 Å². The Hall–Kier alpha value is -3.29. The lowest BCUT2D eigenvalue weighted by molar-refractivity contribution is -0.144. The summed E-state index contributed by atoms with van der Waals surface area (Å²) in [5.41, 5.74) is 2.05. The van der Waals surface area contributed by atoms with Crippen molar-refractivity contribution in [3.05, 3.63) is 64.3 Å². The molecule has 0 saturated heterocycles. The van der Waals surface area contributed by atoms with Crippen molar-refractivity contribution in [3.8, 4) is 28.7 Å². The third-order valence-electron chi connectivity index (χ3n) is 4.90. The molecule has 1 N–H and O–H groups in total. The molecule has 0 aliphatic heterocycles. The van der Waals surface area contributed by atoms with Crippen molar-refractivity contribution < 1.29 is 23.9 Å². The molecule has 4 rings (SSSR count). The highest BCUT2D eigenvalue weighted by Gasteiger charge is 2.21. The van der Waals surface area contributed by atoms with E-state index in [-0.39, 0.29) is 10.8 Å². The molecule has 170 valence electrons. The van der Waals surface area contributed by atoms with Gasteiger partial charge >= 0.3 is 5.97 Å². The van der Waals surface area contributed by atoms with E-state index < -0.39 is 12.1 Å². The molecule has 0 amide bonds. The van der Waals surface area contributed by atoms with Crippen LogP contribution >= 0.6 is 23.2 Å². The topological polar surface area (TPSA) is 94.7 Å². The molecule has 0 aliphatic rings. The number of hydrogen-bond acceptors (Lipinski definition) is 6.